The molecule has 7 heteroatoms. The van der Waals surface area contributed by atoms with Crippen molar-refractivity contribution < 1.29 is 8.42 Å². The Hall–Kier alpha value is -0.0800. The van der Waals surface area contributed by atoms with Crippen LogP contribution in [0, 0.1) is 0 Å². The Balaban J connectivity index is 2.67. The van der Waals surface area contributed by atoms with Gasteiger partial charge in [-0.05, 0) is 38.5 Å². The fourth-order valence-electron chi connectivity index (χ4n) is 1.45. The number of nitrogens with one attached hydrogen (secondary N) is 2. The molecule has 0 amide bonds. The lowest BCUT2D eigenvalue weighted by Gasteiger charge is -2.12. The van der Waals surface area contributed by atoms with Gasteiger partial charge in [-0.1, -0.05) is 0 Å². The number of thiophene rings is 1. The second-order valence-electron chi connectivity index (χ2n) is 4.08. The summed E-state index contributed by atoms with van der Waals surface area (Å²) in [5.74, 6) is 0.957. The van der Waals surface area contributed by atoms with Gasteiger partial charge in [0.15, 0.2) is 0 Å². The summed E-state index contributed by atoms with van der Waals surface area (Å²) in [6.07, 6.45) is 2.86. The van der Waals surface area contributed by atoms with Gasteiger partial charge in [0.2, 0.25) is 10.0 Å². The largest absolute Gasteiger partial charge is 0.315 e. The van der Waals surface area contributed by atoms with Gasteiger partial charge < -0.3 is 5.32 Å². The van der Waals surface area contributed by atoms with E-state index in [-0.39, 0.29) is 6.04 Å². The van der Waals surface area contributed by atoms with Crippen molar-refractivity contribution in [1.82, 2.24) is 10.0 Å². The van der Waals surface area contributed by atoms with Crippen molar-refractivity contribution in [3.05, 3.63) is 16.3 Å². The lowest BCUT2D eigenvalue weighted by molar-refractivity contribution is 0.557. The molecule has 0 aliphatic heterocycles. The van der Waals surface area contributed by atoms with E-state index >= 15 is 0 Å². The van der Waals surface area contributed by atoms with Gasteiger partial charge in [-0.15, -0.1) is 11.3 Å². The Morgan fingerprint density at radius 1 is 1.50 bits per heavy atom. The first-order chi connectivity index (χ1) is 8.49. The summed E-state index contributed by atoms with van der Waals surface area (Å²) >= 11 is 3.18. The average Bonchev–Trinajstić information content (AvgIpc) is 2.75. The van der Waals surface area contributed by atoms with E-state index in [1.807, 2.05) is 20.2 Å². The van der Waals surface area contributed by atoms with Crippen LogP contribution >= 0.6 is 23.1 Å². The van der Waals surface area contributed by atoms with E-state index in [0.29, 0.717) is 11.4 Å². The molecule has 0 saturated heterocycles. The van der Waals surface area contributed by atoms with E-state index in [4.69, 9.17) is 0 Å². The van der Waals surface area contributed by atoms with Crippen molar-refractivity contribution in [2.45, 2.75) is 30.8 Å². The monoisotopic (exact) mass is 308 g/mol. The number of hydrogen-bond donors (Lipinski definition) is 2. The molecule has 0 spiro atoms. The van der Waals surface area contributed by atoms with Crippen molar-refractivity contribution in [2.75, 3.05) is 19.1 Å². The first-order valence-corrected chi connectivity index (χ1v) is 9.48. The lowest BCUT2D eigenvalue weighted by Crippen LogP contribution is -2.32. The summed E-state index contributed by atoms with van der Waals surface area (Å²) < 4.78 is 26.9. The maximum absolute atomic E-state index is 12.1. The first kappa shape index (κ1) is 16.0. The Labute approximate surface area is 118 Å². The molecule has 0 aliphatic rings. The normalized spacial score (nSPS) is 13.7. The summed E-state index contributed by atoms with van der Waals surface area (Å²) in [4.78, 5) is 1.39. The zero-order valence-corrected chi connectivity index (χ0v) is 13.3. The predicted octanol–water partition coefficient (Wildman–Crippen LogP) is 1.89. The van der Waals surface area contributed by atoms with E-state index in [1.54, 1.807) is 23.2 Å². The molecule has 4 nitrogen and oxygen atoms in total. The molecule has 2 N–H and O–H groups in total. The quantitative estimate of drug-likeness (QED) is 0.770. The van der Waals surface area contributed by atoms with Gasteiger partial charge in [-0.3, -0.25) is 0 Å². The third-order valence-electron chi connectivity index (χ3n) is 2.40. The highest BCUT2D eigenvalue weighted by atomic mass is 32.2. The molecule has 1 heterocycles. The minimum Gasteiger partial charge on any atom is -0.315 e. The predicted molar refractivity (Wildman–Crippen MR) is 79.9 cm³/mol. The van der Waals surface area contributed by atoms with Crippen molar-refractivity contribution in [3.63, 3.8) is 0 Å². The molecule has 1 rings (SSSR count). The molecule has 0 aliphatic carbocycles. The highest BCUT2D eigenvalue weighted by Crippen LogP contribution is 2.19. The van der Waals surface area contributed by atoms with Crippen molar-refractivity contribution in [3.8, 4) is 0 Å². The molecule has 1 atom stereocenters. The Kier molecular flexibility index (Phi) is 6.65. The summed E-state index contributed by atoms with van der Waals surface area (Å²) in [5.41, 5.74) is 0. The fourth-order valence-corrected chi connectivity index (χ4v) is 4.61. The molecule has 1 unspecified atom stereocenters. The summed E-state index contributed by atoms with van der Waals surface area (Å²) in [6.45, 7) is 2.59. The molecule has 0 fully saturated rings. The highest BCUT2D eigenvalue weighted by molar-refractivity contribution is 7.98. The number of thioether (sulfide) groups is 1. The second-order valence-corrected chi connectivity index (χ2v) is 7.78. The van der Waals surface area contributed by atoms with Gasteiger partial charge in [-0.2, -0.15) is 11.8 Å². The molecule has 104 valence electrons. The van der Waals surface area contributed by atoms with Crippen LogP contribution in [0.25, 0.3) is 0 Å². The number of rotatable bonds is 8. The average molecular weight is 308 g/mol. The number of hydrogen-bond acceptors (Lipinski definition) is 5. The molecule has 1 aromatic rings. The van der Waals surface area contributed by atoms with E-state index in [9.17, 15) is 8.42 Å². The minimum atomic E-state index is -3.36. The van der Waals surface area contributed by atoms with Crippen molar-refractivity contribution >= 4 is 33.1 Å². The van der Waals surface area contributed by atoms with Crippen LogP contribution in [0.4, 0.5) is 0 Å². The third-order valence-corrected chi connectivity index (χ3v) is 5.70. The maximum Gasteiger partial charge on any atom is 0.241 e. The zero-order chi connectivity index (χ0) is 13.6. The van der Waals surface area contributed by atoms with Gasteiger partial charge in [0, 0.05) is 22.8 Å². The minimum absolute atomic E-state index is 0.0323. The van der Waals surface area contributed by atoms with Crippen molar-refractivity contribution in [2.24, 2.45) is 0 Å². The van der Waals surface area contributed by atoms with Crippen LogP contribution in [-0.2, 0) is 16.6 Å². The molecule has 0 radical (unpaired) electrons. The van der Waals surface area contributed by atoms with Gasteiger partial charge >= 0.3 is 0 Å². The Morgan fingerprint density at radius 3 is 2.83 bits per heavy atom. The molecule has 0 saturated carbocycles. The van der Waals surface area contributed by atoms with Crippen LogP contribution in [0.2, 0.25) is 0 Å². The topological polar surface area (TPSA) is 58.2 Å². The molecule has 1 aromatic heterocycles. The second kappa shape index (κ2) is 7.49. The van der Waals surface area contributed by atoms with E-state index in [2.05, 4.69) is 10.0 Å². The molecular formula is C11H20N2O2S3. The molecule has 0 aromatic carbocycles. The van der Waals surface area contributed by atoms with Crippen LogP contribution in [-0.4, -0.2) is 33.5 Å². The fraction of sp³-hybridized carbons (Fsp3) is 0.636. The van der Waals surface area contributed by atoms with Gasteiger partial charge in [-0.25, -0.2) is 13.1 Å². The van der Waals surface area contributed by atoms with Gasteiger partial charge in [0.05, 0.1) is 4.90 Å². The lowest BCUT2D eigenvalue weighted by atomic mass is 10.3. The van der Waals surface area contributed by atoms with Gasteiger partial charge in [0.1, 0.15) is 0 Å². The Bertz CT molecular complexity index is 457. The summed E-state index contributed by atoms with van der Waals surface area (Å²) in [6, 6.07) is 1.69. The van der Waals surface area contributed by atoms with Crippen LogP contribution in [0.5, 0.6) is 0 Å². The molecule has 0 bridgehead atoms. The maximum atomic E-state index is 12.1. The zero-order valence-electron chi connectivity index (χ0n) is 10.9. The van der Waals surface area contributed by atoms with Crippen LogP contribution in [0.1, 0.15) is 18.2 Å². The van der Waals surface area contributed by atoms with Crippen LogP contribution in [0.15, 0.2) is 16.3 Å². The van der Waals surface area contributed by atoms with Crippen LogP contribution < -0.4 is 10.0 Å². The SMILES string of the molecule is CNCc1cc(S(=O)(=O)NC(C)CCSC)cs1. The van der Waals surface area contributed by atoms with E-state index in [1.165, 1.54) is 11.3 Å². The van der Waals surface area contributed by atoms with Crippen molar-refractivity contribution in [1.29, 1.82) is 0 Å². The van der Waals surface area contributed by atoms with Gasteiger partial charge in [0.25, 0.3) is 0 Å². The third kappa shape index (κ3) is 4.89. The summed E-state index contributed by atoms with van der Waals surface area (Å²) in [5, 5.41) is 4.70. The van der Waals surface area contributed by atoms with Crippen LogP contribution in [0.3, 0.4) is 0 Å². The van der Waals surface area contributed by atoms with E-state index in [0.717, 1.165) is 17.1 Å². The highest BCUT2D eigenvalue weighted by Gasteiger charge is 2.18. The molecule has 18 heavy (non-hydrogen) atoms. The molecular weight excluding hydrogens is 288 g/mol. The standard InChI is InChI=1S/C11H20N2O2S3/c1-9(4-5-16-3)13-18(14,15)11-6-10(7-12-2)17-8-11/h6,8-9,12-13H,4-5,7H2,1-3H3. The first-order valence-electron chi connectivity index (χ1n) is 5.73. The number of sulfonamides is 1. The smallest absolute Gasteiger partial charge is 0.241 e. The Morgan fingerprint density at radius 2 is 2.22 bits per heavy atom. The summed E-state index contributed by atoms with van der Waals surface area (Å²) in [7, 11) is -1.52. The van der Waals surface area contributed by atoms with E-state index < -0.39 is 10.0 Å².